The molecular weight excluding hydrogens is 440 g/mol. The van der Waals surface area contributed by atoms with Gasteiger partial charge in [0.1, 0.15) is 12.4 Å². The molecule has 1 N–H and O–H groups in total. The Labute approximate surface area is 194 Å². The summed E-state index contributed by atoms with van der Waals surface area (Å²) in [7, 11) is 0. The summed E-state index contributed by atoms with van der Waals surface area (Å²) in [4.78, 5) is 21.6. The molecule has 0 spiro atoms. The number of H-pyrrole nitrogens is 1. The van der Waals surface area contributed by atoms with Crippen LogP contribution in [-0.4, -0.2) is 26.8 Å². The van der Waals surface area contributed by atoms with Gasteiger partial charge < -0.3 is 4.74 Å². The molecule has 0 bridgehead atoms. The van der Waals surface area contributed by atoms with Gasteiger partial charge in [-0.05, 0) is 43.3 Å². The first-order valence-electron chi connectivity index (χ1n) is 10.1. The number of aromatic amines is 1. The zero-order valence-electron chi connectivity index (χ0n) is 17.3. The van der Waals surface area contributed by atoms with E-state index < -0.39 is 0 Å². The molecule has 2 heterocycles. The summed E-state index contributed by atoms with van der Waals surface area (Å²) in [5.41, 5.74) is 2.99. The van der Waals surface area contributed by atoms with Crippen molar-refractivity contribution in [1.29, 1.82) is 0 Å². The van der Waals surface area contributed by atoms with Crippen LogP contribution in [0.25, 0.3) is 0 Å². The molecule has 32 heavy (non-hydrogen) atoms. The second kappa shape index (κ2) is 9.10. The predicted octanol–water partition coefficient (Wildman–Crippen LogP) is 5.61. The Hall–Kier alpha value is -3.23. The number of ether oxygens (including phenoxy) is 1. The number of thioether (sulfide) groups is 1. The Bertz CT molecular complexity index is 1210. The number of amides is 1. The molecule has 160 valence electrons. The molecule has 1 amide bonds. The number of para-hydroxylation sites is 2. The Morgan fingerprint density at radius 1 is 1.00 bits per heavy atom. The van der Waals surface area contributed by atoms with E-state index in [-0.39, 0.29) is 18.3 Å². The minimum Gasteiger partial charge on any atom is -0.486 e. The van der Waals surface area contributed by atoms with Gasteiger partial charge in [-0.25, -0.2) is 4.98 Å². The van der Waals surface area contributed by atoms with Crippen molar-refractivity contribution >= 4 is 40.8 Å². The Balaban J connectivity index is 1.25. The fourth-order valence-electron chi connectivity index (χ4n) is 3.36. The third-order valence-electron chi connectivity index (χ3n) is 4.91. The van der Waals surface area contributed by atoms with E-state index in [2.05, 4.69) is 15.2 Å². The highest BCUT2D eigenvalue weighted by atomic mass is 32.2. The number of aryl methyl sites for hydroxylation is 1. The maximum Gasteiger partial charge on any atom is 0.242 e. The summed E-state index contributed by atoms with van der Waals surface area (Å²) in [6.07, 6.45) is 0. The lowest BCUT2D eigenvalue weighted by atomic mass is 10.2. The molecule has 4 aromatic rings. The van der Waals surface area contributed by atoms with Gasteiger partial charge in [0.25, 0.3) is 0 Å². The van der Waals surface area contributed by atoms with Gasteiger partial charge >= 0.3 is 0 Å². The highest BCUT2D eigenvalue weighted by molar-refractivity contribution is 8.00. The predicted molar refractivity (Wildman–Crippen MR) is 127 cm³/mol. The van der Waals surface area contributed by atoms with Gasteiger partial charge in [0.2, 0.25) is 11.1 Å². The van der Waals surface area contributed by atoms with E-state index in [0.29, 0.717) is 11.0 Å². The number of nitrogens with one attached hydrogen (secondary N) is 1. The Kier molecular flexibility index (Phi) is 5.87. The lowest BCUT2D eigenvalue weighted by molar-refractivity contribution is -0.115. The van der Waals surface area contributed by atoms with Crippen LogP contribution in [0.3, 0.4) is 0 Å². The molecule has 1 aromatic heterocycles. The largest absolute Gasteiger partial charge is 0.486 e. The Morgan fingerprint density at radius 2 is 1.66 bits per heavy atom. The van der Waals surface area contributed by atoms with E-state index in [4.69, 9.17) is 4.74 Å². The molecular formula is C24H20N4O2S2. The third-order valence-corrected chi connectivity index (χ3v) is 6.88. The quantitative estimate of drug-likeness (QED) is 0.377. The van der Waals surface area contributed by atoms with E-state index in [1.54, 1.807) is 16.7 Å². The second-order valence-corrected chi connectivity index (χ2v) is 9.25. The molecule has 0 radical (unpaired) electrons. The van der Waals surface area contributed by atoms with E-state index in [1.807, 2.05) is 79.7 Å². The van der Waals surface area contributed by atoms with Crippen LogP contribution in [0.15, 0.2) is 87.7 Å². The van der Waals surface area contributed by atoms with Crippen molar-refractivity contribution in [3.05, 3.63) is 84.2 Å². The van der Waals surface area contributed by atoms with E-state index in [9.17, 15) is 4.79 Å². The van der Waals surface area contributed by atoms with Crippen molar-refractivity contribution in [2.45, 2.75) is 28.5 Å². The molecule has 0 saturated carbocycles. The number of carbonyl (C=O) groups is 1. The fraction of sp³-hybridized carbons (Fsp3) is 0.125. The summed E-state index contributed by atoms with van der Waals surface area (Å²) in [6.45, 7) is 2.32. The standard InChI is InChI=1S/C24H20N4O2S2/c1-16-10-12-17(13-11-16)30-14-22-25-24(27-26-22)31-15-23(29)28-18-6-2-4-8-20(18)32-21-9-5-3-7-19(21)28/h2-13H,14-15H2,1H3,(H,25,26,27). The van der Waals surface area contributed by atoms with E-state index in [0.717, 1.165) is 26.9 Å². The van der Waals surface area contributed by atoms with Crippen molar-refractivity contribution in [2.24, 2.45) is 0 Å². The van der Waals surface area contributed by atoms with Crippen LogP contribution in [0.1, 0.15) is 11.4 Å². The second-order valence-electron chi connectivity index (χ2n) is 7.22. The van der Waals surface area contributed by atoms with Crippen molar-refractivity contribution in [3.63, 3.8) is 0 Å². The summed E-state index contributed by atoms with van der Waals surface area (Å²) < 4.78 is 5.74. The normalized spacial score (nSPS) is 12.2. The van der Waals surface area contributed by atoms with Crippen molar-refractivity contribution in [1.82, 2.24) is 15.2 Å². The van der Waals surface area contributed by atoms with Gasteiger partial charge in [-0.15, -0.1) is 5.10 Å². The minimum atomic E-state index is -0.0162. The van der Waals surface area contributed by atoms with Crippen molar-refractivity contribution in [2.75, 3.05) is 10.7 Å². The molecule has 0 saturated heterocycles. The first-order chi connectivity index (χ1) is 15.7. The topological polar surface area (TPSA) is 71.1 Å². The molecule has 6 nitrogen and oxygen atoms in total. The maximum absolute atomic E-state index is 13.2. The zero-order chi connectivity index (χ0) is 21.9. The van der Waals surface area contributed by atoms with Gasteiger partial charge in [0.15, 0.2) is 5.82 Å². The molecule has 1 aliphatic rings. The maximum atomic E-state index is 13.2. The van der Waals surface area contributed by atoms with Crippen LogP contribution in [0.2, 0.25) is 0 Å². The zero-order valence-corrected chi connectivity index (χ0v) is 19.0. The van der Waals surface area contributed by atoms with E-state index >= 15 is 0 Å². The van der Waals surface area contributed by atoms with Gasteiger partial charge in [-0.2, -0.15) is 0 Å². The smallest absolute Gasteiger partial charge is 0.242 e. The van der Waals surface area contributed by atoms with Gasteiger partial charge in [0.05, 0.1) is 17.1 Å². The molecule has 5 rings (SSSR count). The van der Waals surface area contributed by atoms with Crippen LogP contribution >= 0.6 is 23.5 Å². The van der Waals surface area contributed by atoms with Crippen LogP contribution < -0.4 is 9.64 Å². The average molecular weight is 461 g/mol. The van der Waals surface area contributed by atoms with Gasteiger partial charge in [0, 0.05) is 9.79 Å². The number of fused-ring (bicyclic) bond motifs is 2. The van der Waals surface area contributed by atoms with Crippen molar-refractivity contribution in [3.8, 4) is 5.75 Å². The number of aromatic nitrogens is 3. The Morgan fingerprint density at radius 3 is 2.34 bits per heavy atom. The summed E-state index contributed by atoms with van der Waals surface area (Å²) in [5.74, 6) is 1.60. The number of carbonyl (C=O) groups excluding carboxylic acids is 1. The number of hydrogen-bond donors (Lipinski definition) is 1. The summed E-state index contributed by atoms with van der Waals surface area (Å²) in [5, 5.41) is 7.63. The highest BCUT2D eigenvalue weighted by Crippen LogP contribution is 2.48. The van der Waals surface area contributed by atoms with Crippen molar-refractivity contribution < 1.29 is 9.53 Å². The molecule has 0 fully saturated rings. The fourth-order valence-corrected chi connectivity index (χ4v) is 5.08. The molecule has 0 unspecified atom stereocenters. The van der Waals surface area contributed by atoms with Crippen LogP contribution in [-0.2, 0) is 11.4 Å². The van der Waals surface area contributed by atoms with Gasteiger partial charge in [-0.1, -0.05) is 65.5 Å². The number of anilines is 2. The third kappa shape index (κ3) is 4.37. The lowest BCUT2D eigenvalue weighted by Crippen LogP contribution is -2.30. The average Bonchev–Trinajstić information content (AvgIpc) is 3.28. The number of rotatable bonds is 6. The van der Waals surface area contributed by atoms with Crippen LogP contribution in [0, 0.1) is 6.92 Å². The molecule has 8 heteroatoms. The highest BCUT2D eigenvalue weighted by Gasteiger charge is 2.27. The number of nitrogens with zero attached hydrogens (tertiary/aromatic N) is 3. The van der Waals surface area contributed by atoms with Gasteiger partial charge in [-0.3, -0.25) is 14.8 Å². The lowest BCUT2D eigenvalue weighted by Gasteiger charge is -2.30. The minimum absolute atomic E-state index is 0.0162. The summed E-state index contributed by atoms with van der Waals surface area (Å²) in [6, 6.07) is 23.8. The first-order valence-corrected chi connectivity index (χ1v) is 11.9. The first kappa shape index (κ1) is 20.7. The summed E-state index contributed by atoms with van der Waals surface area (Å²) >= 11 is 2.99. The van der Waals surface area contributed by atoms with Crippen LogP contribution in [0.4, 0.5) is 11.4 Å². The SMILES string of the molecule is Cc1ccc(OCc2nc(SCC(=O)N3c4ccccc4Sc4ccccc43)n[nH]2)cc1. The van der Waals surface area contributed by atoms with E-state index in [1.165, 1.54) is 17.3 Å². The monoisotopic (exact) mass is 460 g/mol. The number of benzene rings is 3. The molecule has 0 aliphatic carbocycles. The number of hydrogen-bond acceptors (Lipinski definition) is 6. The molecule has 1 aliphatic heterocycles. The van der Waals surface area contributed by atoms with Crippen LogP contribution in [0.5, 0.6) is 5.75 Å². The molecule has 0 atom stereocenters. The molecule has 3 aromatic carbocycles.